The van der Waals surface area contributed by atoms with Crippen LogP contribution in [0.3, 0.4) is 0 Å². The topological polar surface area (TPSA) is 41.1 Å². The third-order valence-corrected chi connectivity index (χ3v) is 4.96. The first-order valence-electron chi connectivity index (χ1n) is 7.10. The summed E-state index contributed by atoms with van der Waals surface area (Å²) in [5.41, 5.74) is 0.774. The van der Waals surface area contributed by atoms with Crippen LogP contribution in [0.4, 0.5) is 5.69 Å². The number of fused-ring (bicyclic) bond motifs is 1. The van der Waals surface area contributed by atoms with Gasteiger partial charge in [-0.25, -0.2) is 0 Å². The molecule has 1 unspecified atom stereocenters. The fourth-order valence-corrected chi connectivity index (χ4v) is 3.27. The van der Waals surface area contributed by atoms with Crippen LogP contribution in [0.25, 0.3) is 10.8 Å². The van der Waals surface area contributed by atoms with E-state index in [9.17, 15) is 4.79 Å². The first kappa shape index (κ1) is 17.4. The third-order valence-electron chi connectivity index (χ3n) is 3.44. The highest BCUT2D eigenvalue weighted by Gasteiger charge is 2.34. The fraction of sp³-hybridized carbons (Fsp3) is 0.118. The van der Waals surface area contributed by atoms with E-state index in [1.54, 1.807) is 12.1 Å². The lowest BCUT2D eigenvalue weighted by Gasteiger charge is -2.27. The van der Waals surface area contributed by atoms with Crippen LogP contribution < -0.4 is 10.6 Å². The molecule has 0 aliphatic rings. The molecule has 0 radical (unpaired) electrons. The molecule has 7 heteroatoms. The summed E-state index contributed by atoms with van der Waals surface area (Å²) in [6.07, 6.45) is -0.886. The number of hydrogen-bond acceptors (Lipinski definition) is 3. The molecule has 124 valence electrons. The Bertz CT molecular complexity index is 841. The summed E-state index contributed by atoms with van der Waals surface area (Å²) in [5.74, 6) is -0.297. The molecule has 3 aromatic rings. The minimum absolute atomic E-state index is 0.297. The largest absolute Gasteiger partial charge is 0.361 e. The van der Waals surface area contributed by atoms with Gasteiger partial charge in [0, 0.05) is 11.1 Å². The quantitative estimate of drug-likeness (QED) is 0.453. The van der Waals surface area contributed by atoms with E-state index in [4.69, 9.17) is 34.8 Å². The lowest BCUT2D eigenvalue weighted by Crippen LogP contribution is -2.49. The lowest BCUT2D eigenvalue weighted by molar-refractivity contribution is 0.0946. The molecule has 1 heterocycles. The lowest BCUT2D eigenvalue weighted by atomic mass is 10.1. The molecule has 3 rings (SSSR count). The van der Waals surface area contributed by atoms with E-state index in [1.807, 2.05) is 47.8 Å². The molecule has 0 saturated carbocycles. The van der Waals surface area contributed by atoms with Gasteiger partial charge in [-0.05, 0) is 22.9 Å². The molecule has 24 heavy (non-hydrogen) atoms. The Balaban J connectivity index is 1.88. The molecule has 0 bridgehead atoms. The maximum atomic E-state index is 12.3. The number of nitrogens with one attached hydrogen (secondary N) is 2. The highest BCUT2D eigenvalue weighted by Crippen LogP contribution is 2.33. The van der Waals surface area contributed by atoms with Gasteiger partial charge < -0.3 is 10.6 Å². The Morgan fingerprint density at radius 3 is 2.46 bits per heavy atom. The average molecular weight is 400 g/mol. The van der Waals surface area contributed by atoms with Crippen molar-refractivity contribution in [2.45, 2.75) is 9.96 Å². The molecule has 0 spiro atoms. The number of thiophene rings is 1. The number of amides is 1. The molecule has 0 aliphatic carbocycles. The van der Waals surface area contributed by atoms with Crippen molar-refractivity contribution in [2.24, 2.45) is 0 Å². The van der Waals surface area contributed by atoms with Crippen molar-refractivity contribution in [1.29, 1.82) is 0 Å². The van der Waals surface area contributed by atoms with Gasteiger partial charge >= 0.3 is 0 Å². The van der Waals surface area contributed by atoms with Crippen LogP contribution in [0.5, 0.6) is 0 Å². The summed E-state index contributed by atoms with van der Waals surface area (Å²) in [6.45, 7) is 0. The van der Waals surface area contributed by atoms with Crippen LogP contribution in [0.2, 0.25) is 0 Å². The molecule has 0 aliphatic heterocycles. The van der Waals surface area contributed by atoms with Gasteiger partial charge in [0.2, 0.25) is 3.79 Å². The zero-order valence-corrected chi connectivity index (χ0v) is 15.4. The first-order valence-corrected chi connectivity index (χ1v) is 9.12. The standard InChI is InChI=1S/C17H13Cl3N2OS/c18-17(19,20)16(22-15(23)14-9-4-10-24-14)21-13-8-3-6-11-5-1-2-7-12(11)13/h1-10,16,21H,(H,22,23). The molecular weight excluding hydrogens is 387 g/mol. The zero-order valence-electron chi connectivity index (χ0n) is 12.3. The van der Waals surface area contributed by atoms with E-state index < -0.39 is 9.96 Å². The first-order chi connectivity index (χ1) is 11.4. The maximum absolute atomic E-state index is 12.3. The number of benzene rings is 2. The minimum Gasteiger partial charge on any atom is -0.361 e. The molecule has 1 aromatic heterocycles. The number of halogens is 3. The molecule has 2 aromatic carbocycles. The zero-order chi connectivity index (χ0) is 17.2. The van der Waals surface area contributed by atoms with Gasteiger partial charge in [0.25, 0.3) is 5.91 Å². The van der Waals surface area contributed by atoms with Crippen LogP contribution in [0.15, 0.2) is 60.0 Å². The van der Waals surface area contributed by atoms with Crippen LogP contribution in [0, 0.1) is 0 Å². The second-order valence-corrected chi connectivity index (χ2v) is 8.41. The number of hydrogen-bond donors (Lipinski definition) is 2. The Labute approximate surface area is 158 Å². The highest BCUT2D eigenvalue weighted by molar-refractivity contribution is 7.12. The average Bonchev–Trinajstić information content (AvgIpc) is 3.08. The van der Waals surface area contributed by atoms with E-state index in [1.165, 1.54) is 11.3 Å². The summed E-state index contributed by atoms with van der Waals surface area (Å²) in [4.78, 5) is 12.9. The Morgan fingerprint density at radius 1 is 1.00 bits per heavy atom. The number of carbonyl (C=O) groups excluding carboxylic acids is 1. The van der Waals surface area contributed by atoms with Crippen LogP contribution in [-0.2, 0) is 0 Å². The van der Waals surface area contributed by atoms with Crippen LogP contribution in [-0.4, -0.2) is 15.9 Å². The van der Waals surface area contributed by atoms with Crippen molar-refractivity contribution in [2.75, 3.05) is 5.32 Å². The van der Waals surface area contributed by atoms with Crippen molar-refractivity contribution in [3.8, 4) is 0 Å². The van der Waals surface area contributed by atoms with Gasteiger partial charge in [-0.2, -0.15) is 0 Å². The molecule has 1 amide bonds. The van der Waals surface area contributed by atoms with Gasteiger partial charge in [0.1, 0.15) is 6.17 Å². The fourth-order valence-electron chi connectivity index (χ4n) is 2.32. The maximum Gasteiger partial charge on any atom is 0.263 e. The van der Waals surface area contributed by atoms with Gasteiger partial charge in [0.15, 0.2) is 0 Å². The molecule has 0 saturated heterocycles. The monoisotopic (exact) mass is 398 g/mol. The van der Waals surface area contributed by atoms with Gasteiger partial charge in [-0.3, -0.25) is 4.79 Å². The summed E-state index contributed by atoms with van der Waals surface area (Å²) < 4.78 is -1.72. The van der Waals surface area contributed by atoms with Gasteiger partial charge in [-0.15, -0.1) is 11.3 Å². The Hall–Kier alpha value is -1.46. The van der Waals surface area contributed by atoms with E-state index >= 15 is 0 Å². The number of rotatable bonds is 4. The summed E-state index contributed by atoms with van der Waals surface area (Å²) in [7, 11) is 0. The van der Waals surface area contributed by atoms with Gasteiger partial charge in [0.05, 0.1) is 4.88 Å². The van der Waals surface area contributed by atoms with Gasteiger partial charge in [-0.1, -0.05) is 77.3 Å². The highest BCUT2D eigenvalue weighted by atomic mass is 35.6. The second kappa shape index (κ2) is 7.19. The van der Waals surface area contributed by atoms with Crippen LogP contribution >= 0.6 is 46.1 Å². The molecule has 1 atom stereocenters. The van der Waals surface area contributed by atoms with Crippen LogP contribution in [0.1, 0.15) is 9.67 Å². The van der Waals surface area contributed by atoms with E-state index in [-0.39, 0.29) is 5.91 Å². The van der Waals surface area contributed by atoms with Crippen molar-refractivity contribution in [3.05, 3.63) is 64.9 Å². The molecular formula is C17H13Cl3N2OS. The normalized spacial score (nSPS) is 12.8. The smallest absolute Gasteiger partial charge is 0.263 e. The number of anilines is 1. The molecule has 0 fully saturated rings. The minimum atomic E-state index is -1.72. The van der Waals surface area contributed by atoms with Crippen molar-refractivity contribution >= 4 is 68.5 Å². The Kier molecular flexibility index (Phi) is 5.21. The predicted octanol–water partition coefficient (Wildman–Crippen LogP) is 5.44. The predicted molar refractivity (Wildman–Crippen MR) is 103 cm³/mol. The van der Waals surface area contributed by atoms with E-state index in [0.717, 1.165) is 16.5 Å². The Morgan fingerprint density at radius 2 is 1.75 bits per heavy atom. The van der Waals surface area contributed by atoms with E-state index in [0.29, 0.717) is 4.88 Å². The summed E-state index contributed by atoms with van der Waals surface area (Å²) >= 11 is 19.5. The summed E-state index contributed by atoms with van der Waals surface area (Å²) in [6, 6.07) is 17.1. The number of alkyl halides is 3. The van der Waals surface area contributed by atoms with E-state index in [2.05, 4.69) is 10.6 Å². The van der Waals surface area contributed by atoms with Crippen molar-refractivity contribution in [3.63, 3.8) is 0 Å². The molecule has 2 N–H and O–H groups in total. The number of carbonyl (C=O) groups is 1. The van der Waals surface area contributed by atoms with Crippen molar-refractivity contribution in [1.82, 2.24) is 5.32 Å². The van der Waals surface area contributed by atoms with Crippen molar-refractivity contribution < 1.29 is 4.79 Å². The SMILES string of the molecule is O=C(NC(Nc1cccc2ccccc12)C(Cl)(Cl)Cl)c1cccs1. The second-order valence-electron chi connectivity index (χ2n) is 5.10. The third kappa shape index (κ3) is 3.95. The molecule has 3 nitrogen and oxygen atoms in total. The summed E-state index contributed by atoms with van der Waals surface area (Å²) in [5, 5.41) is 9.71.